The Morgan fingerprint density at radius 1 is 0.842 bits per heavy atom. The van der Waals surface area contributed by atoms with E-state index in [4.69, 9.17) is 18.9 Å². The van der Waals surface area contributed by atoms with Gasteiger partial charge in [-0.2, -0.15) is 0 Å². The Kier molecular flexibility index (Phi) is 9.48. The minimum Gasteiger partial charge on any atom is -0.497 e. The first kappa shape index (κ1) is 27.3. The molecule has 1 amide bonds. The fraction of sp³-hybridized carbons (Fsp3) is 0.333. The molecule has 1 aliphatic heterocycles. The summed E-state index contributed by atoms with van der Waals surface area (Å²) in [6.07, 6.45) is -2.65. The SMILES string of the molecule is COc1ccc(CN(C(C)=O)[C@@H]2C(=O)O[C@H](CO)[C@@H](OCc3ccccc3)[C@@H]2OCc2ccccc2)cc1. The number of ether oxygens (including phenoxy) is 4. The second kappa shape index (κ2) is 13.2. The first-order valence-electron chi connectivity index (χ1n) is 12.5. The largest absolute Gasteiger partial charge is 0.497 e. The first-order valence-corrected chi connectivity index (χ1v) is 12.5. The van der Waals surface area contributed by atoms with Gasteiger partial charge in [0, 0.05) is 13.5 Å². The fourth-order valence-electron chi connectivity index (χ4n) is 4.51. The molecule has 4 rings (SSSR count). The van der Waals surface area contributed by atoms with E-state index in [9.17, 15) is 14.7 Å². The number of cyclic esters (lactones) is 1. The molecule has 1 fully saturated rings. The number of carbonyl (C=O) groups excluding carboxylic acids is 2. The third-order valence-corrected chi connectivity index (χ3v) is 6.51. The Labute approximate surface area is 222 Å². The van der Waals surface area contributed by atoms with Gasteiger partial charge in [0.05, 0.1) is 26.9 Å². The molecule has 0 unspecified atom stereocenters. The normalized spacial score (nSPS) is 21.0. The van der Waals surface area contributed by atoms with Gasteiger partial charge in [0.25, 0.3) is 0 Å². The number of methoxy groups -OCH3 is 1. The summed E-state index contributed by atoms with van der Waals surface area (Å²) < 4.78 is 23.4. The summed E-state index contributed by atoms with van der Waals surface area (Å²) in [6, 6.07) is 25.3. The van der Waals surface area contributed by atoms with Crippen molar-refractivity contribution in [3.05, 3.63) is 102 Å². The highest BCUT2D eigenvalue weighted by Gasteiger charge is 2.50. The maximum atomic E-state index is 13.4. The smallest absolute Gasteiger partial charge is 0.332 e. The average Bonchev–Trinajstić information content (AvgIpc) is 2.95. The summed E-state index contributed by atoms with van der Waals surface area (Å²) in [5, 5.41) is 10.1. The highest BCUT2D eigenvalue weighted by Crippen LogP contribution is 2.29. The van der Waals surface area contributed by atoms with Crippen LogP contribution in [0.25, 0.3) is 0 Å². The highest BCUT2D eigenvalue weighted by atomic mass is 16.6. The van der Waals surface area contributed by atoms with Gasteiger partial charge in [-0.1, -0.05) is 72.8 Å². The van der Waals surface area contributed by atoms with Crippen LogP contribution in [0.5, 0.6) is 5.75 Å². The van der Waals surface area contributed by atoms with Crippen LogP contribution < -0.4 is 4.74 Å². The molecule has 0 aliphatic carbocycles. The molecule has 0 aromatic heterocycles. The van der Waals surface area contributed by atoms with Crippen LogP contribution in [-0.4, -0.2) is 60.0 Å². The lowest BCUT2D eigenvalue weighted by atomic mass is 9.95. The van der Waals surface area contributed by atoms with Crippen molar-refractivity contribution < 1.29 is 33.6 Å². The number of hydrogen-bond acceptors (Lipinski definition) is 7. The minimum absolute atomic E-state index is 0.152. The third-order valence-electron chi connectivity index (χ3n) is 6.51. The van der Waals surface area contributed by atoms with Crippen molar-refractivity contribution in [3.8, 4) is 5.75 Å². The van der Waals surface area contributed by atoms with Crippen LogP contribution in [0.4, 0.5) is 0 Å². The summed E-state index contributed by atoms with van der Waals surface area (Å²) in [4.78, 5) is 27.7. The fourth-order valence-corrected chi connectivity index (χ4v) is 4.51. The first-order chi connectivity index (χ1) is 18.5. The molecule has 8 nitrogen and oxygen atoms in total. The van der Waals surface area contributed by atoms with Crippen molar-refractivity contribution in [1.82, 2.24) is 4.90 Å². The van der Waals surface area contributed by atoms with Crippen LogP contribution in [0.15, 0.2) is 84.9 Å². The molecule has 0 radical (unpaired) electrons. The molecular weight excluding hydrogens is 486 g/mol. The van der Waals surface area contributed by atoms with Crippen molar-refractivity contribution in [2.75, 3.05) is 13.7 Å². The van der Waals surface area contributed by atoms with Crippen LogP contribution in [0.2, 0.25) is 0 Å². The summed E-state index contributed by atoms with van der Waals surface area (Å²) in [5.41, 5.74) is 2.62. The Hall–Kier alpha value is -3.72. The number of hydrogen-bond donors (Lipinski definition) is 1. The number of benzene rings is 3. The zero-order chi connectivity index (χ0) is 26.9. The van der Waals surface area contributed by atoms with Gasteiger partial charge in [-0.25, -0.2) is 4.79 Å². The number of aliphatic hydroxyl groups excluding tert-OH is 1. The van der Waals surface area contributed by atoms with Gasteiger partial charge in [-0.15, -0.1) is 0 Å². The van der Waals surface area contributed by atoms with Gasteiger partial charge >= 0.3 is 5.97 Å². The molecule has 38 heavy (non-hydrogen) atoms. The summed E-state index contributed by atoms with van der Waals surface area (Å²) in [7, 11) is 1.58. The predicted octanol–water partition coefficient (Wildman–Crippen LogP) is 3.50. The molecule has 1 aliphatic rings. The van der Waals surface area contributed by atoms with Crippen molar-refractivity contribution >= 4 is 11.9 Å². The molecule has 1 heterocycles. The number of aliphatic hydroxyl groups is 1. The number of esters is 1. The standard InChI is InChI=1S/C30H33NO7/c1-21(33)31(17-22-13-15-25(35-2)16-14-22)27-29(37-20-24-11-7-4-8-12-24)28(26(18-32)38-30(27)34)36-19-23-9-5-3-6-10-23/h3-16,26-29,32H,17-20H2,1-2H3/t26-,27+,28-,29-/m1/s1. The van der Waals surface area contributed by atoms with E-state index < -0.39 is 36.9 Å². The van der Waals surface area contributed by atoms with Crippen LogP contribution >= 0.6 is 0 Å². The quantitative estimate of drug-likeness (QED) is 0.388. The predicted molar refractivity (Wildman–Crippen MR) is 140 cm³/mol. The minimum atomic E-state index is -1.08. The van der Waals surface area contributed by atoms with Crippen molar-refractivity contribution in [2.24, 2.45) is 0 Å². The van der Waals surface area contributed by atoms with E-state index in [1.807, 2.05) is 72.8 Å². The lowest BCUT2D eigenvalue weighted by Crippen LogP contribution is -2.64. The maximum absolute atomic E-state index is 13.4. The van der Waals surface area contributed by atoms with Gasteiger partial charge in [-0.05, 0) is 28.8 Å². The Morgan fingerprint density at radius 3 is 1.89 bits per heavy atom. The van der Waals surface area contributed by atoms with Crippen molar-refractivity contribution in [1.29, 1.82) is 0 Å². The van der Waals surface area contributed by atoms with E-state index in [2.05, 4.69) is 0 Å². The number of carbonyl (C=O) groups is 2. The van der Waals surface area contributed by atoms with Gasteiger partial charge in [0.15, 0.2) is 12.1 Å². The molecule has 0 saturated carbocycles. The van der Waals surface area contributed by atoms with Crippen molar-refractivity contribution in [2.45, 2.75) is 51.0 Å². The molecule has 200 valence electrons. The van der Waals surface area contributed by atoms with Gasteiger partial charge in [0.1, 0.15) is 18.0 Å². The molecule has 3 aromatic carbocycles. The highest BCUT2D eigenvalue weighted by molar-refractivity contribution is 5.85. The van der Waals surface area contributed by atoms with Crippen LogP contribution in [0, 0.1) is 0 Å². The Bertz CT molecular complexity index is 1170. The summed E-state index contributed by atoms with van der Waals surface area (Å²) in [5.74, 6) is -0.282. The summed E-state index contributed by atoms with van der Waals surface area (Å²) in [6.45, 7) is 1.52. The molecule has 3 aromatic rings. The average molecular weight is 520 g/mol. The van der Waals surface area contributed by atoms with E-state index in [0.717, 1.165) is 16.7 Å². The van der Waals surface area contributed by atoms with Crippen molar-refractivity contribution in [3.63, 3.8) is 0 Å². The van der Waals surface area contributed by atoms with Crippen LogP contribution in [0.1, 0.15) is 23.6 Å². The maximum Gasteiger partial charge on any atom is 0.332 e. The zero-order valence-corrected chi connectivity index (χ0v) is 21.6. The second-order valence-corrected chi connectivity index (χ2v) is 9.12. The molecule has 1 saturated heterocycles. The molecule has 8 heteroatoms. The van der Waals surface area contributed by atoms with E-state index in [1.165, 1.54) is 11.8 Å². The third kappa shape index (κ3) is 6.77. The van der Waals surface area contributed by atoms with Crippen LogP contribution in [0.3, 0.4) is 0 Å². The van der Waals surface area contributed by atoms with Gasteiger partial charge in [-0.3, -0.25) is 4.79 Å². The number of rotatable bonds is 11. The van der Waals surface area contributed by atoms with Gasteiger partial charge < -0.3 is 29.0 Å². The second-order valence-electron chi connectivity index (χ2n) is 9.12. The van der Waals surface area contributed by atoms with E-state index in [0.29, 0.717) is 5.75 Å². The number of nitrogens with zero attached hydrogens (tertiary/aromatic N) is 1. The Morgan fingerprint density at radius 2 is 1.39 bits per heavy atom. The van der Waals surface area contributed by atoms with E-state index >= 15 is 0 Å². The molecule has 0 spiro atoms. The van der Waals surface area contributed by atoms with Crippen LogP contribution in [-0.2, 0) is 43.6 Å². The zero-order valence-electron chi connectivity index (χ0n) is 21.6. The molecule has 0 bridgehead atoms. The lowest BCUT2D eigenvalue weighted by molar-refractivity contribution is -0.220. The van der Waals surface area contributed by atoms with Gasteiger partial charge in [0.2, 0.25) is 5.91 Å². The monoisotopic (exact) mass is 519 g/mol. The molecule has 4 atom stereocenters. The Balaban J connectivity index is 1.65. The van der Waals surface area contributed by atoms with E-state index in [-0.39, 0.29) is 25.7 Å². The lowest BCUT2D eigenvalue weighted by Gasteiger charge is -2.44. The topological polar surface area (TPSA) is 94.5 Å². The summed E-state index contributed by atoms with van der Waals surface area (Å²) >= 11 is 0. The van der Waals surface area contributed by atoms with E-state index in [1.54, 1.807) is 19.2 Å². The number of amides is 1. The molecular formula is C30H33NO7. The molecule has 1 N–H and O–H groups in total.